The van der Waals surface area contributed by atoms with Gasteiger partial charge in [0.05, 0.1) is 25.3 Å². The molecule has 2 aromatic rings. The molecule has 4 nitrogen and oxygen atoms in total. The van der Waals surface area contributed by atoms with Gasteiger partial charge in [-0.2, -0.15) is 5.26 Å². The van der Waals surface area contributed by atoms with E-state index in [2.05, 4.69) is 6.07 Å². The lowest BCUT2D eigenvalue weighted by Crippen LogP contribution is -2.31. The molecule has 5 heteroatoms. The lowest BCUT2D eigenvalue weighted by atomic mass is 10.1. The Bertz CT molecular complexity index is 647. The smallest absolute Gasteiger partial charge is 0.223 e. The summed E-state index contributed by atoms with van der Waals surface area (Å²) in [6.45, 7) is 0.800. The van der Waals surface area contributed by atoms with Crippen molar-refractivity contribution in [3.63, 3.8) is 0 Å². The fraction of sp³-hybridized carbons (Fsp3) is 0.294. The minimum Gasteiger partial charge on any atom is -0.467 e. The number of hydrogen-bond donors (Lipinski definition) is 0. The Kier molecular flexibility index (Phi) is 6.05. The molecule has 0 bridgehead atoms. The van der Waals surface area contributed by atoms with Crippen LogP contribution in [0.2, 0.25) is 5.02 Å². The van der Waals surface area contributed by atoms with Crippen LogP contribution in [0.25, 0.3) is 0 Å². The van der Waals surface area contributed by atoms with E-state index in [1.54, 1.807) is 17.2 Å². The molecule has 0 unspecified atom stereocenters. The van der Waals surface area contributed by atoms with Crippen molar-refractivity contribution in [2.75, 3.05) is 6.54 Å². The quantitative estimate of drug-likeness (QED) is 0.780. The predicted molar refractivity (Wildman–Crippen MR) is 84.1 cm³/mol. The first kappa shape index (κ1) is 16.1. The van der Waals surface area contributed by atoms with Gasteiger partial charge in [0.1, 0.15) is 5.76 Å². The number of hydrogen-bond acceptors (Lipinski definition) is 3. The number of amides is 1. The van der Waals surface area contributed by atoms with E-state index in [0.29, 0.717) is 43.1 Å². The van der Waals surface area contributed by atoms with E-state index in [4.69, 9.17) is 21.3 Å². The molecule has 0 saturated carbocycles. The Morgan fingerprint density at radius 3 is 2.86 bits per heavy atom. The number of halogens is 1. The molecule has 0 aliphatic carbocycles. The molecule has 2 rings (SSSR count). The van der Waals surface area contributed by atoms with Gasteiger partial charge in [0.2, 0.25) is 5.91 Å². The Hall–Kier alpha value is -2.25. The van der Waals surface area contributed by atoms with Crippen LogP contribution in [-0.4, -0.2) is 17.4 Å². The maximum atomic E-state index is 12.4. The average molecular weight is 317 g/mol. The molecule has 114 valence electrons. The number of benzene rings is 1. The van der Waals surface area contributed by atoms with Crippen LogP contribution in [0, 0.1) is 11.3 Å². The molecular formula is C17H17ClN2O2. The highest BCUT2D eigenvalue weighted by Gasteiger charge is 2.15. The van der Waals surface area contributed by atoms with Crippen molar-refractivity contribution in [2.45, 2.75) is 25.8 Å². The molecule has 1 amide bonds. The van der Waals surface area contributed by atoms with Crippen molar-refractivity contribution in [2.24, 2.45) is 0 Å². The topological polar surface area (TPSA) is 57.2 Å². The van der Waals surface area contributed by atoms with Gasteiger partial charge in [-0.1, -0.05) is 23.7 Å². The zero-order valence-electron chi connectivity index (χ0n) is 12.2. The van der Waals surface area contributed by atoms with Crippen LogP contribution in [0.5, 0.6) is 0 Å². The van der Waals surface area contributed by atoms with Crippen LogP contribution in [0.4, 0.5) is 0 Å². The van der Waals surface area contributed by atoms with E-state index in [1.807, 2.05) is 30.3 Å². The summed E-state index contributed by atoms with van der Waals surface area (Å²) in [6, 6.07) is 13.2. The van der Waals surface area contributed by atoms with E-state index >= 15 is 0 Å². The Labute approximate surface area is 134 Å². The van der Waals surface area contributed by atoms with E-state index in [9.17, 15) is 4.79 Å². The molecule has 0 atom stereocenters. The average Bonchev–Trinajstić information content (AvgIpc) is 3.02. The second-order valence-corrected chi connectivity index (χ2v) is 5.37. The van der Waals surface area contributed by atoms with Gasteiger partial charge < -0.3 is 9.32 Å². The number of carbonyl (C=O) groups is 1. The van der Waals surface area contributed by atoms with E-state index < -0.39 is 0 Å². The highest BCUT2D eigenvalue weighted by molar-refractivity contribution is 6.30. The Morgan fingerprint density at radius 1 is 1.32 bits per heavy atom. The van der Waals surface area contributed by atoms with Gasteiger partial charge >= 0.3 is 0 Å². The van der Waals surface area contributed by atoms with Crippen molar-refractivity contribution in [1.29, 1.82) is 5.26 Å². The minimum atomic E-state index is 0.00613. The highest BCUT2D eigenvalue weighted by atomic mass is 35.5. The largest absolute Gasteiger partial charge is 0.467 e. The molecule has 1 aromatic heterocycles. The number of furan rings is 1. The van der Waals surface area contributed by atoms with Crippen LogP contribution < -0.4 is 0 Å². The van der Waals surface area contributed by atoms with E-state index in [0.717, 1.165) is 5.56 Å². The van der Waals surface area contributed by atoms with Crippen molar-refractivity contribution in [3.8, 4) is 6.07 Å². The van der Waals surface area contributed by atoms with Gasteiger partial charge in [-0.15, -0.1) is 0 Å². The first-order chi connectivity index (χ1) is 10.7. The van der Waals surface area contributed by atoms with Crippen LogP contribution in [0.15, 0.2) is 47.1 Å². The fourth-order valence-corrected chi connectivity index (χ4v) is 2.38. The number of nitrogens with zero attached hydrogens (tertiary/aromatic N) is 2. The van der Waals surface area contributed by atoms with Gasteiger partial charge in [0, 0.05) is 18.0 Å². The minimum absolute atomic E-state index is 0.00613. The predicted octanol–water partition coefficient (Wildman–Crippen LogP) is 3.81. The van der Waals surface area contributed by atoms with Gasteiger partial charge in [0.25, 0.3) is 0 Å². The number of carbonyl (C=O) groups excluding carboxylic acids is 1. The summed E-state index contributed by atoms with van der Waals surface area (Å²) < 4.78 is 5.28. The third kappa shape index (κ3) is 4.94. The molecule has 0 fully saturated rings. The summed E-state index contributed by atoms with van der Waals surface area (Å²) in [5, 5.41) is 9.40. The van der Waals surface area contributed by atoms with Crippen LogP contribution in [-0.2, 0) is 17.8 Å². The number of aryl methyl sites for hydroxylation is 1. The zero-order chi connectivity index (χ0) is 15.8. The summed E-state index contributed by atoms with van der Waals surface area (Å²) in [7, 11) is 0. The van der Waals surface area contributed by atoms with Crippen LogP contribution in [0.3, 0.4) is 0 Å². The standard InChI is InChI=1S/C17H17ClN2O2/c18-15-5-1-4-14(12-15)7-8-17(21)20(10-3-9-19)13-16-6-2-11-22-16/h1-2,4-6,11-12H,3,7-8,10,13H2. The second kappa shape index (κ2) is 8.26. The molecule has 0 N–H and O–H groups in total. The molecular weight excluding hydrogens is 300 g/mol. The lowest BCUT2D eigenvalue weighted by Gasteiger charge is -2.20. The van der Waals surface area contributed by atoms with Crippen molar-refractivity contribution in [1.82, 2.24) is 4.90 Å². The summed E-state index contributed by atoms with van der Waals surface area (Å²) >= 11 is 5.94. The second-order valence-electron chi connectivity index (χ2n) is 4.93. The fourth-order valence-electron chi connectivity index (χ4n) is 2.17. The summed E-state index contributed by atoms with van der Waals surface area (Å²) in [4.78, 5) is 14.0. The third-order valence-electron chi connectivity index (χ3n) is 3.29. The zero-order valence-corrected chi connectivity index (χ0v) is 12.9. The normalized spacial score (nSPS) is 10.2. The molecule has 1 heterocycles. The number of nitriles is 1. The SMILES string of the molecule is N#CCCN(Cc1ccco1)C(=O)CCc1cccc(Cl)c1. The highest BCUT2D eigenvalue weighted by Crippen LogP contribution is 2.14. The Balaban J connectivity index is 1.94. The molecule has 0 aliphatic heterocycles. The maximum absolute atomic E-state index is 12.4. The van der Waals surface area contributed by atoms with Gasteiger partial charge in [-0.05, 0) is 36.2 Å². The van der Waals surface area contributed by atoms with Crippen LogP contribution in [0.1, 0.15) is 24.2 Å². The van der Waals surface area contributed by atoms with Crippen molar-refractivity contribution < 1.29 is 9.21 Å². The van der Waals surface area contributed by atoms with Crippen LogP contribution >= 0.6 is 11.6 Å². The van der Waals surface area contributed by atoms with E-state index in [-0.39, 0.29) is 5.91 Å². The van der Waals surface area contributed by atoms with Crippen molar-refractivity contribution in [3.05, 3.63) is 59.0 Å². The van der Waals surface area contributed by atoms with Gasteiger partial charge in [0.15, 0.2) is 0 Å². The summed E-state index contributed by atoms with van der Waals surface area (Å²) in [6.07, 6.45) is 2.89. The van der Waals surface area contributed by atoms with Gasteiger partial charge in [-0.25, -0.2) is 0 Å². The third-order valence-corrected chi connectivity index (χ3v) is 3.52. The monoisotopic (exact) mass is 316 g/mol. The first-order valence-electron chi connectivity index (χ1n) is 7.10. The molecule has 0 saturated heterocycles. The molecule has 0 spiro atoms. The Morgan fingerprint density at radius 2 is 2.18 bits per heavy atom. The van der Waals surface area contributed by atoms with E-state index in [1.165, 1.54) is 0 Å². The summed E-state index contributed by atoms with van der Waals surface area (Å²) in [5.41, 5.74) is 1.03. The molecule has 22 heavy (non-hydrogen) atoms. The molecule has 1 aromatic carbocycles. The van der Waals surface area contributed by atoms with Gasteiger partial charge in [-0.3, -0.25) is 4.79 Å². The molecule has 0 aliphatic rings. The lowest BCUT2D eigenvalue weighted by molar-refractivity contribution is -0.132. The first-order valence-corrected chi connectivity index (χ1v) is 7.48. The maximum Gasteiger partial charge on any atom is 0.223 e. The van der Waals surface area contributed by atoms with Crippen molar-refractivity contribution >= 4 is 17.5 Å². The number of rotatable bonds is 7. The summed E-state index contributed by atoms with van der Waals surface area (Å²) in [5.74, 6) is 0.723. The molecule has 0 radical (unpaired) electrons.